The zero-order valence-electron chi connectivity index (χ0n) is 13.5. The molecule has 1 amide bonds. The van der Waals surface area contributed by atoms with Gasteiger partial charge in [-0.25, -0.2) is 0 Å². The van der Waals surface area contributed by atoms with Crippen molar-refractivity contribution in [2.24, 2.45) is 5.73 Å². The Labute approximate surface area is 135 Å². The first kappa shape index (κ1) is 19.2. The Morgan fingerprint density at radius 1 is 1.39 bits per heavy atom. The summed E-state index contributed by atoms with van der Waals surface area (Å²) >= 11 is 0. The smallest absolute Gasteiger partial charge is 0.387 e. The van der Waals surface area contributed by atoms with Gasteiger partial charge in [-0.3, -0.25) is 4.79 Å². The molecule has 1 rings (SSSR count). The highest BCUT2D eigenvalue weighted by Gasteiger charge is 2.12. The molecule has 1 aromatic rings. The summed E-state index contributed by atoms with van der Waals surface area (Å²) in [7, 11) is 0. The molecule has 0 spiro atoms. The van der Waals surface area contributed by atoms with Gasteiger partial charge in [0.25, 0.3) is 0 Å². The molecule has 5 nitrogen and oxygen atoms in total. The monoisotopic (exact) mass is 330 g/mol. The van der Waals surface area contributed by atoms with E-state index < -0.39 is 6.61 Å². The molecule has 0 aromatic heterocycles. The fraction of sp³-hybridized carbons (Fsp3) is 0.562. The summed E-state index contributed by atoms with van der Waals surface area (Å²) in [4.78, 5) is 11.7. The summed E-state index contributed by atoms with van der Waals surface area (Å²) in [5, 5.41) is 2.67. The van der Waals surface area contributed by atoms with Crippen molar-refractivity contribution in [1.82, 2.24) is 5.32 Å². The van der Waals surface area contributed by atoms with Crippen LogP contribution >= 0.6 is 0 Å². The molecule has 0 saturated carbocycles. The first-order chi connectivity index (χ1) is 10.9. The second kappa shape index (κ2) is 9.99. The van der Waals surface area contributed by atoms with E-state index >= 15 is 0 Å². The van der Waals surface area contributed by atoms with Crippen molar-refractivity contribution in [3.05, 3.63) is 23.8 Å². The Bertz CT molecular complexity index is 496. The number of nitrogens with one attached hydrogen (secondary N) is 1. The second-order valence-electron chi connectivity index (χ2n) is 5.29. The van der Waals surface area contributed by atoms with Gasteiger partial charge in [0.1, 0.15) is 11.5 Å². The van der Waals surface area contributed by atoms with Crippen molar-refractivity contribution < 1.29 is 23.0 Å². The van der Waals surface area contributed by atoms with Crippen LogP contribution in [-0.2, 0) is 11.3 Å². The maximum absolute atomic E-state index is 12.5. The third-order valence-electron chi connectivity index (χ3n) is 3.03. The van der Waals surface area contributed by atoms with Gasteiger partial charge in [-0.15, -0.1) is 0 Å². The van der Waals surface area contributed by atoms with Gasteiger partial charge in [-0.05, 0) is 31.9 Å². The fourth-order valence-electron chi connectivity index (χ4n) is 1.84. The lowest BCUT2D eigenvalue weighted by atomic mass is 10.1. The molecule has 23 heavy (non-hydrogen) atoms. The fourth-order valence-corrected chi connectivity index (χ4v) is 1.84. The summed E-state index contributed by atoms with van der Waals surface area (Å²) in [5.74, 6) is 0.271. The van der Waals surface area contributed by atoms with Crippen molar-refractivity contribution in [3.63, 3.8) is 0 Å². The van der Waals surface area contributed by atoms with Crippen LogP contribution in [-0.4, -0.2) is 25.2 Å². The van der Waals surface area contributed by atoms with Crippen molar-refractivity contribution >= 4 is 5.91 Å². The summed E-state index contributed by atoms with van der Waals surface area (Å²) < 4.78 is 35.0. The van der Waals surface area contributed by atoms with Crippen LogP contribution in [0.25, 0.3) is 0 Å². The number of carbonyl (C=O) groups is 1. The Morgan fingerprint density at radius 2 is 2.13 bits per heavy atom. The first-order valence-electron chi connectivity index (χ1n) is 7.65. The highest BCUT2D eigenvalue weighted by molar-refractivity contribution is 5.76. The van der Waals surface area contributed by atoms with Crippen LogP contribution in [0, 0.1) is 0 Å². The molecule has 0 aliphatic heterocycles. The van der Waals surface area contributed by atoms with E-state index in [1.807, 2.05) is 13.8 Å². The highest BCUT2D eigenvalue weighted by atomic mass is 19.3. The number of alkyl halides is 2. The number of ether oxygens (including phenoxy) is 2. The molecule has 1 aromatic carbocycles. The molecule has 3 N–H and O–H groups in total. The predicted octanol–water partition coefficient (Wildman–Crippen LogP) is 2.82. The van der Waals surface area contributed by atoms with Gasteiger partial charge in [-0.1, -0.05) is 6.92 Å². The molecular weight excluding hydrogens is 306 g/mol. The number of amides is 1. The van der Waals surface area contributed by atoms with Crippen molar-refractivity contribution in [2.75, 3.05) is 6.61 Å². The number of hydrogen-bond donors (Lipinski definition) is 2. The molecule has 0 aliphatic rings. The zero-order valence-corrected chi connectivity index (χ0v) is 13.5. The third-order valence-corrected chi connectivity index (χ3v) is 3.03. The molecule has 130 valence electrons. The Balaban J connectivity index is 2.69. The summed E-state index contributed by atoms with van der Waals surface area (Å²) in [6, 6.07) is 4.62. The normalized spacial score (nSPS) is 12.1. The van der Waals surface area contributed by atoms with Crippen molar-refractivity contribution in [1.29, 1.82) is 0 Å². The number of rotatable bonds is 10. The molecule has 7 heteroatoms. The van der Waals surface area contributed by atoms with Gasteiger partial charge in [-0.2, -0.15) is 8.78 Å². The Kier molecular flexibility index (Phi) is 8.32. The van der Waals surface area contributed by atoms with E-state index in [9.17, 15) is 13.6 Å². The third kappa shape index (κ3) is 7.78. The van der Waals surface area contributed by atoms with E-state index in [0.717, 1.165) is 6.42 Å². The molecule has 0 heterocycles. The van der Waals surface area contributed by atoms with Gasteiger partial charge < -0.3 is 20.5 Å². The summed E-state index contributed by atoms with van der Waals surface area (Å²) in [6.45, 7) is 1.42. The largest absolute Gasteiger partial charge is 0.493 e. The minimum Gasteiger partial charge on any atom is -0.493 e. The first-order valence-corrected chi connectivity index (χ1v) is 7.65. The van der Waals surface area contributed by atoms with Crippen LogP contribution in [0.4, 0.5) is 8.78 Å². The molecule has 0 bridgehead atoms. The van der Waals surface area contributed by atoms with Gasteiger partial charge in [0.15, 0.2) is 0 Å². The van der Waals surface area contributed by atoms with E-state index in [-0.39, 0.29) is 24.2 Å². The molecule has 1 unspecified atom stereocenters. The van der Waals surface area contributed by atoms with Gasteiger partial charge >= 0.3 is 6.61 Å². The average molecular weight is 330 g/mol. The maximum Gasteiger partial charge on any atom is 0.387 e. The van der Waals surface area contributed by atoms with Gasteiger partial charge in [0.2, 0.25) is 5.91 Å². The quantitative estimate of drug-likeness (QED) is 0.692. The number of benzene rings is 1. The number of halogens is 2. The van der Waals surface area contributed by atoms with Gasteiger partial charge in [0, 0.05) is 30.6 Å². The Hall–Kier alpha value is -1.89. The van der Waals surface area contributed by atoms with E-state index in [1.165, 1.54) is 6.07 Å². The predicted molar refractivity (Wildman–Crippen MR) is 83.6 cm³/mol. The van der Waals surface area contributed by atoms with Crippen LogP contribution in [0.5, 0.6) is 11.5 Å². The number of hydrogen-bond acceptors (Lipinski definition) is 4. The SMILES string of the molecule is CCCOc1ccc(CNC(=O)CCC(C)N)c(OC(F)F)c1. The van der Waals surface area contributed by atoms with E-state index in [2.05, 4.69) is 10.1 Å². The molecule has 0 saturated heterocycles. The van der Waals surface area contributed by atoms with Crippen LogP contribution in [0.2, 0.25) is 0 Å². The van der Waals surface area contributed by atoms with E-state index in [4.69, 9.17) is 10.5 Å². The van der Waals surface area contributed by atoms with Crippen LogP contribution in [0.1, 0.15) is 38.7 Å². The second-order valence-corrected chi connectivity index (χ2v) is 5.29. The maximum atomic E-state index is 12.5. The number of nitrogens with two attached hydrogens (primary N) is 1. The van der Waals surface area contributed by atoms with E-state index in [0.29, 0.717) is 30.8 Å². The lowest BCUT2D eigenvalue weighted by molar-refractivity contribution is -0.121. The standard InChI is InChI=1S/C16H24F2N2O3/c1-3-8-22-13-6-5-12(14(9-13)23-16(17)18)10-20-15(21)7-4-11(2)19/h5-6,9,11,16H,3-4,7-8,10,19H2,1-2H3,(H,20,21). The van der Waals surface area contributed by atoms with Crippen LogP contribution in [0.15, 0.2) is 18.2 Å². The van der Waals surface area contributed by atoms with Crippen molar-refractivity contribution in [2.45, 2.75) is 52.3 Å². The zero-order chi connectivity index (χ0) is 17.2. The molecule has 0 radical (unpaired) electrons. The molecular formula is C16H24F2N2O3. The molecule has 0 aliphatic carbocycles. The minimum absolute atomic E-state index is 0.00101. The van der Waals surface area contributed by atoms with E-state index in [1.54, 1.807) is 12.1 Å². The van der Waals surface area contributed by atoms with Crippen LogP contribution < -0.4 is 20.5 Å². The minimum atomic E-state index is -2.94. The molecule has 0 fully saturated rings. The summed E-state index contributed by atoms with van der Waals surface area (Å²) in [6.07, 6.45) is 1.67. The van der Waals surface area contributed by atoms with Crippen LogP contribution in [0.3, 0.4) is 0 Å². The topological polar surface area (TPSA) is 73.6 Å². The average Bonchev–Trinajstić information content (AvgIpc) is 2.49. The number of carbonyl (C=O) groups excluding carboxylic acids is 1. The molecule has 1 atom stereocenters. The van der Waals surface area contributed by atoms with Gasteiger partial charge in [0.05, 0.1) is 6.61 Å². The lowest BCUT2D eigenvalue weighted by Crippen LogP contribution is -2.25. The van der Waals surface area contributed by atoms with Crippen molar-refractivity contribution in [3.8, 4) is 11.5 Å². The Morgan fingerprint density at radius 3 is 2.74 bits per heavy atom. The summed E-state index contributed by atoms with van der Waals surface area (Å²) in [5.41, 5.74) is 6.05. The highest BCUT2D eigenvalue weighted by Crippen LogP contribution is 2.26. The lowest BCUT2D eigenvalue weighted by Gasteiger charge is -2.14.